The second-order valence-electron chi connectivity index (χ2n) is 6.65. The number of likely N-dealkylation sites (tertiary alicyclic amines) is 1. The van der Waals surface area contributed by atoms with Crippen LogP contribution in [0.2, 0.25) is 0 Å². The molecule has 1 aliphatic heterocycles. The van der Waals surface area contributed by atoms with Crippen molar-refractivity contribution < 1.29 is 4.79 Å². The average Bonchev–Trinajstić information content (AvgIpc) is 2.28. The largest absolute Gasteiger partial charge is 0.350 e. The lowest BCUT2D eigenvalue weighted by molar-refractivity contribution is -0.124. The number of nitrogens with zero attached hydrogens (tertiary/aromatic N) is 1. The van der Waals surface area contributed by atoms with Crippen LogP contribution in [-0.4, -0.2) is 48.6 Å². The zero-order valence-electron chi connectivity index (χ0n) is 13.3. The van der Waals surface area contributed by atoms with E-state index in [4.69, 9.17) is 0 Å². The molecule has 0 aromatic carbocycles. The molecule has 0 radical (unpaired) electrons. The van der Waals surface area contributed by atoms with Crippen molar-refractivity contribution in [2.45, 2.75) is 59.0 Å². The highest BCUT2D eigenvalue weighted by molar-refractivity contribution is 5.78. The van der Waals surface area contributed by atoms with Crippen molar-refractivity contribution in [3.8, 4) is 0 Å². The lowest BCUT2D eigenvalue weighted by Gasteiger charge is -2.38. The van der Waals surface area contributed by atoms with Gasteiger partial charge in [0.1, 0.15) is 0 Å². The van der Waals surface area contributed by atoms with Crippen LogP contribution in [0.3, 0.4) is 0 Å². The molecule has 1 heterocycles. The fourth-order valence-corrected chi connectivity index (χ4v) is 2.86. The summed E-state index contributed by atoms with van der Waals surface area (Å²) in [6.07, 6.45) is 2.32. The zero-order chi connectivity index (χ0) is 14.5. The van der Waals surface area contributed by atoms with Crippen LogP contribution in [0.4, 0.5) is 0 Å². The third kappa shape index (κ3) is 5.91. The van der Waals surface area contributed by atoms with Crippen molar-refractivity contribution in [1.82, 2.24) is 15.5 Å². The standard InChI is InChI=1S/C15H31N3O/c1-6-12-10-18(9-8-13(12)16-7-2)11-14(19)17-15(3,4)5/h12-13,16H,6-11H2,1-5H3,(H,17,19). The predicted molar refractivity (Wildman–Crippen MR) is 80.2 cm³/mol. The molecule has 4 nitrogen and oxygen atoms in total. The minimum absolute atomic E-state index is 0.136. The van der Waals surface area contributed by atoms with Gasteiger partial charge in [-0.3, -0.25) is 9.69 Å². The lowest BCUT2D eigenvalue weighted by atomic mass is 9.90. The number of hydrogen-bond acceptors (Lipinski definition) is 3. The Hall–Kier alpha value is -0.610. The minimum atomic E-state index is -0.136. The number of hydrogen-bond donors (Lipinski definition) is 2. The summed E-state index contributed by atoms with van der Waals surface area (Å²) in [6, 6.07) is 0.622. The third-order valence-electron chi connectivity index (χ3n) is 3.69. The second-order valence-corrected chi connectivity index (χ2v) is 6.65. The van der Waals surface area contributed by atoms with Crippen LogP contribution in [-0.2, 0) is 4.79 Å². The maximum atomic E-state index is 12.0. The molecule has 0 aromatic rings. The van der Waals surface area contributed by atoms with E-state index in [1.165, 1.54) is 6.42 Å². The topological polar surface area (TPSA) is 44.4 Å². The Morgan fingerprint density at radius 1 is 1.32 bits per heavy atom. The van der Waals surface area contributed by atoms with Gasteiger partial charge in [0.05, 0.1) is 6.54 Å². The van der Waals surface area contributed by atoms with Gasteiger partial charge in [0, 0.05) is 24.7 Å². The van der Waals surface area contributed by atoms with E-state index in [0.717, 1.165) is 26.1 Å². The SMILES string of the molecule is CCNC1CCN(CC(=O)NC(C)(C)C)CC1CC. The van der Waals surface area contributed by atoms with Crippen LogP contribution >= 0.6 is 0 Å². The van der Waals surface area contributed by atoms with Gasteiger partial charge in [-0.15, -0.1) is 0 Å². The van der Waals surface area contributed by atoms with Gasteiger partial charge >= 0.3 is 0 Å². The first kappa shape index (κ1) is 16.4. The summed E-state index contributed by atoms with van der Waals surface area (Å²) in [4.78, 5) is 14.3. The Bertz CT molecular complexity index is 286. The van der Waals surface area contributed by atoms with Gasteiger partial charge in [0.2, 0.25) is 5.91 Å². The van der Waals surface area contributed by atoms with Crippen LogP contribution in [0.25, 0.3) is 0 Å². The highest BCUT2D eigenvalue weighted by Crippen LogP contribution is 2.20. The van der Waals surface area contributed by atoms with Crippen LogP contribution in [0.15, 0.2) is 0 Å². The van der Waals surface area contributed by atoms with Crippen molar-refractivity contribution in [2.75, 3.05) is 26.2 Å². The molecule has 0 saturated carbocycles. The van der Waals surface area contributed by atoms with Crippen molar-refractivity contribution in [3.63, 3.8) is 0 Å². The summed E-state index contributed by atoms with van der Waals surface area (Å²) in [7, 11) is 0. The fourth-order valence-electron chi connectivity index (χ4n) is 2.86. The summed E-state index contributed by atoms with van der Waals surface area (Å²) in [5.41, 5.74) is -0.136. The molecule has 0 aromatic heterocycles. The van der Waals surface area contributed by atoms with Crippen LogP contribution < -0.4 is 10.6 Å². The first-order chi connectivity index (χ1) is 8.85. The van der Waals surface area contributed by atoms with Crippen molar-refractivity contribution in [1.29, 1.82) is 0 Å². The lowest BCUT2D eigenvalue weighted by Crippen LogP contribution is -2.52. The zero-order valence-corrected chi connectivity index (χ0v) is 13.3. The van der Waals surface area contributed by atoms with Gasteiger partial charge in [0.25, 0.3) is 0 Å². The highest BCUT2D eigenvalue weighted by atomic mass is 16.2. The Morgan fingerprint density at radius 2 is 2.00 bits per heavy atom. The maximum Gasteiger partial charge on any atom is 0.234 e. The van der Waals surface area contributed by atoms with E-state index in [-0.39, 0.29) is 11.4 Å². The highest BCUT2D eigenvalue weighted by Gasteiger charge is 2.28. The molecule has 4 heteroatoms. The molecular weight excluding hydrogens is 238 g/mol. The van der Waals surface area contributed by atoms with E-state index in [1.54, 1.807) is 0 Å². The Labute approximate surface area is 118 Å². The molecule has 1 aliphatic rings. The van der Waals surface area contributed by atoms with Gasteiger partial charge in [-0.2, -0.15) is 0 Å². The normalized spacial score (nSPS) is 25.3. The molecule has 1 fully saturated rings. The van der Waals surface area contributed by atoms with Crippen LogP contribution in [0.5, 0.6) is 0 Å². The van der Waals surface area contributed by atoms with Crippen molar-refractivity contribution >= 4 is 5.91 Å². The van der Waals surface area contributed by atoms with Crippen molar-refractivity contribution in [3.05, 3.63) is 0 Å². The number of carbonyl (C=O) groups is 1. The second kappa shape index (κ2) is 7.25. The number of piperidine rings is 1. The molecule has 1 amide bonds. The molecule has 2 N–H and O–H groups in total. The van der Waals surface area contributed by atoms with Crippen molar-refractivity contribution in [2.24, 2.45) is 5.92 Å². The van der Waals surface area contributed by atoms with E-state index < -0.39 is 0 Å². The van der Waals surface area contributed by atoms with Crippen LogP contribution in [0, 0.1) is 5.92 Å². The summed E-state index contributed by atoms with van der Waals surface area (Å²) >= 11 is 0. The molecule has 2 unspecified atom stereocenters. The Morgan fingerprint density at radius 3 is 2.53 bits per heavy atom. The first-order valence-electron chi connectivity index (χ1n) is 7.62. The molecular formula is C15H31N3O. The van der Waals surface area contributed by atoms with Gasteiger partial charge < -0.3 is 10.6 Å². The van der Waals surface area contributed by atoms with E-state index in [9.17, 15) is 4.79 Å². The van der Waals surface area contributed by atoms with Gasteiger partial charge in [0.15, 0.2) is 0 Å². The quantitative estimate of drug-likeness (QED) is 0.797. The Balaban J connectivity index is 2.43. The molecule has 1 saturated heterocycles. The first-order valence-corrected chi connectivity index (χ1v) is 7.62. The number of amides is 1. The molecule has 19 heavy (non-hydrogen) atoms. The van der Waals surface area contributed by atoms with Crippen LogP contribution in [0.1, 0.15) is 47.5 Å². The smallest absolute Gasteiger partial charge is 0.234 e. The van der Waals surface area contributed by atoms with Gasteiger partial charge in [-0.25, -0.2) is 0 Å². The minimum Gasteiger partial charge on any atom is -0.350 e. The monoisotopic (exact) mass is 269 g/mol. The molecule has 0 bridgehead atoms. The maximum absolute atomic E-state index is 12.0. The third-order valence-corrected chi connectivity index (χ3v) is 3.69. The summed E-state index contributed by atoms with van der Waals surface area (Å²) in [5.74, 6) is 0.806. The van der Waals surface area contributed by atoms with E-state index in [2.05, 4.69) is 29.4 Å². The molecule has 1 rings (SSSR count). The number of rotatable bonds is 5. The van der Waals surface area contributed by atoms with E-state index in [1.807, 2.05) is 20.8 Å². The number of carbonyl (C=O) groups excluding carboxylic acids is 1. The fraction of sp³-hybridized carbons (Fsp3) is 0.933. The molecule has 0 spiro atoms. The summed E-state index contributed by atoms with van der Waals surface area (Å²) in [5, 5.41) is 6.61. The van der Waals surface area contributed by atoms with E-state index in [0.29, 0.717) is 18.5 Å². The van der Waals surface area contributed by atoms with Gasteiger partial charge in [-0.05, 0) is 39.7 Å². The summed E-state index contributed by atoms with van der Waals surface area (Å²) < 4.78 is 0. The molecule has 112 valence electrons. The number of nitrogens with one attached hydrogen (secondary N) is 2. The van der Waals surface area contributed by atoms with E-state index >= 15 is 0 Å². The summed E-state index contributed by atoms with van der Waals surface area (Å²) in [6.45, 7) is 14.1. The predicted octanol–water partition coefficient (Wildman–Crippen LogP) is 1.61. The average molecular weight is 269 g/mol. The van der Waals surface area contributed by atoms with Gasteiger partial charge in [-0.1, -0.05) is 20.3 Å². The Kier molecular flexibility index (Phi) is 6.27. The molecule has 0 aliphatic carbocycles. The molecule has 2 atom stereocenters.